The van der Waals surface area contributed by atoms with Gasteiger partial charge in [-0.15, -0.1) is 0 Å². The maximum atomic E-state index is 8.70. The second-order valence-corrected chi connectivity index (χ2v) is 3.42. The second kappa shape index (κ2) is 3.06. The molecule has 0 aliphatic heterocycles. The molecular formula is C9H8BrN. The second-order valence-electron chi connectivity index (χ2n) is 2.51. The summed E-state index contributed by atoms with van der Waals surface area (Å²) in [5.74, 6) is 0. The summed E-state index contributed by atoms with van der Waals surface area (Å²) in [4.78, 5) is 0. The minimum Gasteiger partial charge on any atom is -0.192 e. The highest BCUT2D eigenvalue weighted by Gasteiger charge is 2.00. The van der Waals surface area contributed by atoms with E-state index in [-0.39, 0.29) is 0 Å². The fourth-order valence-corrected chi connectivity index (χ4v) is 1.50. The van der Waals surface area contributed by atoms with E-state index in [4.69, 9.17) is 5.26 Å². The van der Waals surface area contributed by atoms with Gasteiger partial charge in [-0.05, 0) is 37.1 Å². The standard InChI is InChI=1S/C9H8BrN/c1-6-3-9(10)4-8(5-11)7(6)2/h3-4H,1-2H3. The summed E-state index contributed by atoms with van der Waals surface area (Å²) >= 11 is 3.34. The van der Waals surface area contributed by atoms with Gasteiger partial charge in [0.25, 0.3) is 0 Å². The van der Waals surface area contributed by atoms with Crippen molar-refractivity contribution in [2.75, 3.05) is 0 Å². The van der Waals surface area contributed by atoms with Gasteiger partial charge in [0, 0.05) is 4.47 Å². The Morgan fingerprint density at radius 1 is 1.36 bits per heavy atom. The van der Waals surface area contributed by atoms with Crippen LogP contribution in [-0.2, 0) is 0 Å². The van der Waals surface area contributed by atoms with Gasteiger partial charge in [-0.1, -0.05) is 15.9 Å². The number of aryl methyl sites for hydroxylation is 1. The quantitative estimate of drug-likeness (QED) is 0.645. The van der Waals surface area contributed by atoms with E-state index in [1.165, 1.54) is 0 Å². The van der Waals surface area contributed by atoms with E-state index in [9.17, 15) is 0 Å². The van der Waals surface area contributed by atoms with Gasteiger partial charge < -0.3 is 0 Å². The molecule has 1 aromatic rings. The van der Waals surface area contributed by atoms with Crippen LogP contribution < -0.4 is 0 Å². The summed E-state index contributed by atoms with van der Waals surface area (Å²) < 4.78 is 0.970. The number of benzene rings is 1. The Labute approximate surface area is 74.8 Å². The maximum absolute atomic E-state index is 8.70. The van der Waals surface area contributed by atoms with Crippen LogP contribution in [-0.4, -0.2) is 0 Å². The average Bonchev–Trinajstić information content (AvgIpc) is 1.96. The Morgan fingerprint density at radius 3 is 2.55 bits per heavy atom. The molecule has 0 aliphatic carbocycles. The van der Waals surface area contributed by atoms with Crippen molar-refractivity contribution >= 4 is 15.9 Å². The third-order valence-corrected chi connectivity index (χ3v) is 2.21. The summed E-state index contributed by atoms with van der Waals surface area (Å²) in [6, 6.07) is 5.99. The number of halogens is 1. The minimum atomic E-state index is 0.747. The molecule has 0 bridgehead atoms. The first-order valence-corrected chi connectivity index (χ1v) is 4.11. The predicted octanol–water partition coefficient (Wildman–Crippen LogP) is 2.94. The largest absolute Gasteiger partial charge is 0.192 e. The van der Waals surface area contributed by atoms with E-state index in [1.54, 1.807) is 0 Å². The first-order valence-electron chi connectivity index (χ1n) is 3.32. The molecule has 0 heterocycles. The van der Waals surface area contributed by atoms with E-state index in [0.717, 1.165) is 21.2 Å². The molecule has 0 saturated carbocycles. The van der Waals surface area contributed by atoms with Gasteiger partial charge in [0.05, 0.1) is 11.6 Å². The molecule has 2 heteroatoms. The molecule has 56 valence electrons. The molecule has 0 saturated heterocycles. The lowest BCUT2D eigenvalue weighted by Crippen LogP contribution is -1.86. The first kappa shape index (κ1) is 8.29. The van der Waals surface area contributed by atoms with Crippen molar-refractivity contribution < 1.29 is 0 Å². The normalized spacial score (nSPS) is 9.27. The Bertz CT molecular complexity index is 323. The molecule has 0 spiro atoms. The molecular weight excluding hydrogens is 202 g/mol. The smallest absolute Gasteiger partial charge is 0.0994 e. The average molecular weight is 210 g/mol. The fourth-order valence-electron chi connectivity index (χ4n) is 0.931. The van der Waals surface area contributed by atoms with Crippen LogP contribution in [0.25, 0.3) is 0 Å². The van der Waals surface area contributed by atoms with Gasteiger partial charge in [-0.2, -0.15) is 5.26 Å². The molecule has 0 N–H and O–H groups in total. The van der Waals surface area contributed by atoms with Gasteiger partial charge in [0.15, 0.2) is 0 Å². The molecule has 1 aromatic carbocycles. The van der Waals surface area contributed by atoms with Gasteiger partial charge >= 0.3 is 0 Å². The van der Waals surface area contributed by atoms with E-state index in [1.807, 2.05) is 26.0 Å². The van der Waals surface area contributed by atoms with Crippen LogP contribution in [0.5, 0.6) is 0 Å². The Hall–Kier alpha value is -0.810. The number of rotatable bonds is 0. The fraction of sp³-hybridized carbons (Fsp3) is 0.222. The van der Waals surface area contributed by atoms with E-state index >= 15 is 0 Å². The third-order valence-electron chi connectivity index (χ3n) is 1.75. The molecule has 1 rings (SSSR count). The summed E-state index contributed by atoms with van der Waals surface area (Å²) in [5.41, 5.74) is 2.96. The predicted molar refractivity (Wildman–Crippen MR) is 48.3 cm³/mol. The zero-order valence-corrected chi connectivity index (χ0v) is 8.07. The zero-order valence-electron chi connectivity index (χ0n) is 6.48. The highest BCUT2D eigenvalue weighted by atomic mass is 79.9. The van der Waals surface area contributed by atoms with E-state index in [0.29, 0.717) is 0 Å². The molecule has 0 aliphatic rings. The molecule has 1 nitrogen and oxygen atoms in total. The SMILES string of the molecule is Cc1cc(Br)cc(C#N)c1C. The third kappa shape index (κ3) is 1.61. The van der Waals surface area contributed by atoms with E-state index < -0.39 is 0 Å². The zero-order chi connectivity index (χ0) is 8.43. The number of nitrogens with zero attached hydrogens (tertiary/aromatic N) is 1. The van der Waals surface area contributed by atoms with Crippen LogP contribution in [0.4, 0.5) is 0 Å². The van der Waals surface area contributed by atoms with Crippen LogP contribution in [0.2, 0.25) is 0 Å². The van der Waals surface area contributed by atoms with Crippen molar-refractivity contribution in [1.29, 1.82) is 5.26 Å². The van der Waals surface area contributed by atoms with Crippen molar-refractivity contribution in [3.8, 4) is 6.07 Å². The lowest BCUT2D eigenvalue weighted by Gasteiger charge is -2.01. The molecule has 0 amide bonds. The van der Waals surface area contributed by atoms with Crippen molar-refractivity contribution in [3.05, 3.63) is 33.3 Å². The molecule has 0 aromatic heterocycles. The van der Waals surface area contributed by atoms with Crippen LogP contribution in [0.1, 0.15) is 16.7 Å². The lowest BCUT2D eigenvalue weighted by molar-refractivity contribution is 1.29. The molecule has 0 atom stereocenters. The number of nitriles is 1. The van der Waals surface area contributed by atoms with Gasteiger partial charge in [0.2, 0.25) is 0 Å². The topological polar surface area (TPSA) is 23.8 Å². The summed E-state index contributed by atoms with van der Waals surface area (Å²) in [6.45, 7) is 3.96. The van der Waals surface area contributed by atoms with Crippen LogP contribution in [0.15, 0.2) is 16.6 Å². The maximum Gasteiger partial charge on any atom is 0.0994 e. The Kier molecular flexibility index (Phi) is 2.31. The number of hydrogen-bond donors (Lipinski definition) is 0. The lowest BCUT2D eigenvalue weighted by atomic mass is 10.1. The summed E-state index contributed by atoms with van der Waals surface area (Å²) in [5, 5.41) is 8.70. The molecule has 0 fully saturated rings. The minimum absolute atomic E-state index is 0.747. The van der Waals surface area contributed by atoms with Crippen LogP contribution >= 0.6 is 15.9 Å². The molecule has 0 unspecified atom stereocenters. The summed E-state index contributed by atoms with van der Waals surface area (Å²) in [7, 11) is 0. The molecule has 11 heavy (non-hydrogen) atoms. The monoisotopic (exact) mass is 209 g/mol. The van der Waals surface area contributed by atoms with Crippen molar-refractivity contribution in [2.45, 2.75) is 13.8 Å². The molecule has 0 radical (unpaired) electrons. The van der Waals surface area contributed by atoms with E-state index in [2.05, 4.69) is 22.0 Å². The Balaban J connectivity index is 3.39. The van der Waals surface area contributed by atoms with Crippen LogP contribution in [0.3, 0.4) is 0 Å². The van der Waals surface area contributed by atoms with Gasteiger partial charge in [0.1, 0.15) is 0 Å². The Morgan fingerprint density at radius 2 is 2.00 bits per heavy atom. The highest BCUT2D eigenvalue weighted by Crippen LogP contribution is 2.19. The first-order chi connectivity index (χ1) is 5.15. The summed E-state index contributed by atoms with van der Waals surface area (Å²) in [6.07, 6.45) is 0. The van der Waals surface area contributed by atoms with Gasteiger partial charge in [-0.25, -0.2) is 0 Å². The van der Waals surface area contributed by atoms with Crippen LogP contribution in [0, 0.1) is 25.2 Å². The van der Waals surface area contributed by atoms with Crippen molar-refractivity contribution in [2.24, 2.45) is 0 Å². The highest BCUT2D eigenvalue weighted by molar-refractivity contribution is 9.10. The van der Waals surface area contributed by atoms with Crippen molar-refractivity contribution in [3.63, 3.8) is 0 Å². The van der Waals surface area contributed by atoms with Crippen molar-refractivity contribution in [1.82, 2.24) is 0 Å². The number of hydrogen-bond acceptors (Lipinski definition) is 1. The van der Waals surface area contributed by atoms with Gasteiger partial charge in [-0.3, -0.25) is 0 Å².